The Labute approximate surface area is 175 Å². The second kappa shape index (κ2) is 8.19. The zero-order valence-electron chi connectivity index (χ0n) is 19.0. The van der Waals surface area contributed by atoms with Gasteiger partial charge in [-0.25, -0.2) is 0 Å². The van der Waals surface area contributed by atoms with Crippen LogP contribution in [0.4, 0.5) is 0 Å². The lowest BCUT2D eigenvalue weighted by atomic mass is 9.75. The molecule has 3 N–H and O–H groups in total. The third kappa shape index (κ3) is 4.99. The van der Waals surface area contributed by atoms with E-state index in [0.717, 1.165) is 27.8 Å². The second-order valence-corrected chi connectivity index (χ2v) is 9.90. The topological polar surface area (TPSA) is 72.5 Å². The Kier molecular flexibility index (Phi) is 6.48. The summed E-state index contributed by atoms with van der Waals surface area (Å²) in [5.41, 5.74) is 10.5. The number of carbonyl (C=O) groups excluding carboxylic acids is 1. The van der Waals surface area contributed by atoms with E-state index >= 15 is 0 Å². The molecule has 158 valence electrons. The Hall–Kier alpha value is -2.33. The Morgan fingerprint density at radius 1 is 0.931 bits per heavy atom. The van der Waals surface area contributed by atoms with Crippen LogP contribution in [-0.2, 0) is 20.4 Å². The summed E-state index contributed by atoms with van der Waals surface area (Å²) >= 11 is 0. The maximum absolute atomic E-state index is 12.4. The van der Waals surface area contributed by atoms with Gasteiger partial charge in [-0.15, -0.1) is 0 Å². The molecule has 2 aromatic rings. The molecule has 0 aliphatic heterocycles. The van der Waals surface area contributed by atoms with E-state index in [1.165, 1.54) is 7.11 Å². The number of carbonyl (C=O) groups is 1. The third-order valence-electron chi connectivity index (χ3n) is 5.38. The van der Waals surface area contributed by atoms with Gasteiger partial charge in [-0.2, -0.15) is 0 Å². The van der Waals surface area contributed by atoms with Gasteiger partial charge >= 0.3 is 5.97 Å². The molecule has 0 unspecified atom stereocenters. The van der Waals surface area contributed by atoms with E-state index in [1.54, 1.807) is 0 Å². The number of aryl methyl sites for hydroxylation is 1. The van der Waals surface area contributed by atoms with E-state index in [2.05, 4.69) is 41.5 Å². The summed E-state index contributed by atoms with van der Waals surface area (Å²) in [6, 6.07) is 11.2. The lowest BCUT2D eigenvalue weighted by molar-refractivity contribution is -0.142. The van der Waals surface area contributed by atoms with Gasteiger partial charge in [-0.1, -0.05) is 83.5 Å². The van der Waals surface area contributed by atoms with Crippen molar-refractivity contribution in [3.63, 3.8) is 0 Å². The summed E-state index contributed by atoms with van der Waals surface area (Å²) in [6.45, 7) is 14.4. The maximum atomic E-state index is 12.4. The molecule has 2 atom stereocenters. The fourth-order valence-electron chi connectivity index (χ4n) is 3.63. The van der Waals surface area contributed by atoms with Crippen molar-refractivity contribution in [2.75, 3.05) is 7.11 Å². The fraction of sp³-hybridized carbons (Fsp3) is 0.480. The van der Waals surface area contributed by atoms with Crippen molar-refractivity contribution in [1.29, 1.82) is 0 Å². The molecular formula is C25H35NO3. The first kappa shape index (κ1) is 23.0. The summed E-state index contributed by atoms with van der Waals surface area (Å²) in [7, 11) is 1.35. The number of nitrogens with two attached hydrogens (primary N) is 1. The van der Waals surface area contributed by atoms with Gasteiger partial charge in [0.25, 0.3) is 0 Å². The van der Waals surface area contributed by atoms with Crippen molar-refractivity contribution in [1.82, 2.24) is 0 Å². The first-order valence-electron chi connectivity index (χ1n) is 10.0. The van der Waals surface area contributed by atoms with Crippen LogP contribution in [0.15, 0.2) is 36.4 Å². The highest BCUT2D eigenvalue weighted by Gasteiger charge is 2.33. The number of phenolic OH excluding ortho intramolecular Hbond substituents is 1. The zero-order chi connectivity index (χ0) is 22.1. The predicted molar refractivity (Wildman–Crippen MR) is 119 cm³/mol. The van der Waals surface area contributed by atoms with Gasteiger partial charge in [-0.05, 0) is 40.0 Å². The van der Waals surface area contributed by atoms with Gasteiger partial charge in [-0.3, -0.25) is 4.79 Å². The highest BCUT2D eigenvalue weighted by atomic mass is 16.5. The van der Waals surface area contributed by atoms with Crippen LogP contribution in [0.2, 0.25) is 0 Å². The van der Waals surface area contributed by atoms with E-state index in [0.29, 0.717) is 5.75 Å². The number of rotatable bonds is 4. The second-order valence-electron chi connectivity index (χ2n) is 9.90. The molecule has 2 aromatic carbocycles. The number of aromatic hydroxyl groups is 1. The van der Waals surface area contributed by atoms with Gasteiger partial charge < -0.3 is 15.6 Å². The lowest BCUT2D eigenvalue weighted by Gasteiger charge is -2.31. The van der Waals surface area contributed by atoms with Crippen molar-refractivity contribution >= 4 is 5.97 Å². The van der Waals surface area contributed by atoms with E-state index in [9.17, 15) is 9.90 Å². The van der Waals surface area contributed by atoms with Gasteiger partial charge in [0, 0.05) is 5.92 Å². The summed E-state index contributed by atoms with van der Waals surface area (Å²) in [5, 5.41) is 11.0. The number of methoxy groups -OCH3 is 1. The Balaban J connectivity index is 2.81. The molecule has 0 spiro atoms. The molecule has 4 heteroatoms. The molecule has 0 aromatic heterocycles. The molecule has 0 amide bonds. The van der Waals surface area contributed by atoms with Gasteiger partial charge in [0.1, 0.15) is 11.8 Å². The van der Waals surface area contributed by atoms with Crippen LogP contribution in [0.1, 0.15) is 75.3 Å². The minimum Gasteiger partial charge on any atom is -0.507 e. The van der Waals surface area contributed by atoms with Gasteiger partial charge in [0.05, 0.1) is 7.11 Å². The van der Waals surface area contributed by atoms with Crippen molar-refractivity contribution < 1.29 is 14.6 Å². The number of ether oxygens (including phenoxy) is 1. The molecular weight excluding hydrogens is 362 g/mol. The Bertz CT molecular complexity index is 835. The SMILES string of the molecule is COC(=O)[C@@H](N)[C@@H](c1ccc(C)cc1)c1cc(C(C)(C)C)c(O)c(C(C)(C)C)c1. The van der Waals surface area contributed by atoms with Crippen molar-refractivity contribution in [2.24, 2.45) is 5.73 Å². The normalized spacial score (nSPS) is 14.4. The van der Waals surface area contributed by atoms with Gasteiger partial charge in [0.2, 0.25) is 0 Å². The molecule has 4 nitrogen and oxygen atoms in total. The number of hydrogen-bond donors (Lipinski definition) is 2. The minimum absolute atomic E-state index is 0.271. The van der Waals surface area contributed by atoms with E-state index in [1.807, 2.05) is 43.3 Å². The summed E-state index contributed by atoms with van der Waals surface area (Å²) in [6.07, 6.45) is 0. The molecule has 0 bridgehead atoms. The molecule has 0 fully saturated rings. The first-order valence-corrected chi connectivity index (χ1v) is 10.0. The van der Waals surface area contributed by atoms with Crippen molar-refractivity contribution in [2.45, 2.75) is 71.3 Å². The van der Waals surface area contributed by atoms with E-state index in [-0.39, 0.29) is 16.7 Å². The first-order chi connectivity index (χ1) is 13.3. The lowest BCUT2D eigenvalue weighted by Crippen LogP contribution is -2.38. The summed E-state index contributed by atoms with van der Waals surface area (Å²) < 4.78 is 4.97. The smallest absolute Gasteiger partial charge is 0.323 e. The number of phenols is 1. The molecule has 0 heterocycles. The summed E-state index contributed by atoms with van der Waals surface area (Å²) in [4.78, 5) is 12.4. The number of hydrogen-bond acceptors (Lipinski definition) is 4. The quantitative estimate of drug-likeness (QED) is 0.718. The molecule has 0 saturated heterocycles. The van der Waals surface area contributed by atoms with Crippen LogP contribution in [-0.4, -0.2) is 24.2 Å². The molecule has 2 rings (SSSR count). The van der Waals surface area contributed by atoms with Crippen LogP contribution in [0.3, 0.4) is 0 Å². The van der Waals surface area contributed by atoms with E-state index < -0.39 is 12.0 Å². The predicted octanol–water partition coefficient (Wildman–Crippen LogP) is 4.93. The number of benzene rings is 2. The fourth-order valence-corrected chi connectivity index (χ4v) is 3.63. The molecule has 0 aliphatic rings. The zero-order valence-corrected chi connectivity index (χ0v) is 19.0. The average molecular weight is 398 g/mol. The highest BCUT2D eigenvalue weighted by Crippen LogP contribution is 2.42. The van der Waals surface area contributed by atoms with Crippen LogP contribution in [0, 0.1) is 6.92 Å². The minimum atomic E-state index is -0.854. The summed E-state index contributed by atoms with van der Waals surface area (Å²) in [5.74, 6) is -0.535. The van der Waals surface area contributed by atoms with Crippen molar-refractivity contribution in [3.8, 4) is 5.75 Å². The Morgan fingerprint density at radius 3 is 1.76 bits per heavy atom. The van der Waals surface area contributed by atoms with Crippen LogP contribution < -0.4 is 5.73 Å². The maximum Gasteiger partial charge on any atom is 0.323 e. The molecule has 29 heavy (non-hydrogen) atoms. The third-order valence-corrected chi connectivity index (χ3v) is 5.38. The Morgan fingerprint density at radius 2 is 1.38 bits per heavy atom. The standard InChI is InChI=1S/C25H35NO3/c1-15-9-11-16(12-10-15)20(21(26)23(28)29-8)17-13-18(24(2,3)4)22(27)19(14-17)25(5,6)7/h9-14,20-21,27H,26H2,1-8H3/t20-,21-/m0/s1. The monoisotopic (exact) mass is 397 g/mol. The highest BCUT2D eigenvalue weighted by molar-refractivity contribution is 5.78. The molecule has 0 saturated carbocycles. The van der Waals surface area contributed by atoms with Crippen LogP contribution in [0.25, 0.3) is 0 Å². The largest absolute Gasteiger partial charge is 0.507 e. The van der Waals surface area contributed by atoms with Crippen LogP contribution >= 0.6 is 0 Å². The van der Waals surface area contributed by atoms with Crippen molar-refractivity contribution in [3.05, 3.63) is 64.2 Å². The van der Waals surface area contributed by atoms with Gasteiger partial charge in [0.15, 0.2) is 0 Å². The average Bonchev–Trinajstić information content (AvgIpc) is 2.61. The van der Waals surface area contributed by atoms with Crippen LogP contribution in [0.5, 0.6) is 5.75 Å². The number of esters is 1. The molecule has 0 radical (unpaired) electrons. The van der Waals surface area contributed by atoms with E-state index in [4.69, 9.17) is 10.5 Å². The molecule has 0 aliphatic carbocycles.